The van der Waals surface area contributed by atoms with E-state index in [0.717, 1.165) is 23.4 Å². The zero-order chi connectivity index (χ0) is 12.7. The van der Waals surface area contributed by atoms with Crippen LogP contribution < -0.4 is 4.74 Å². The van der Waals surface area contributed by atoms with Gasteiger partial charge in [0, 0.05) is 13.5 Å². The summed E-state index contributed by atoms with van der Waals surface area (Å²) in [5.41, 5.74) is 3.18. The van der Waals surface area contributed by atoms with Gasteiger partial charge in [-0.25, -0.2) is 0 Å². The fourth-order valence-corrected chi connectivity index (χ4v) is 2.36. The summed E-state index contributed by atoms with van der Waals surface area (Å²) in [4.78, 5) is 12.5. The van der Waals surface area contributed by atoms with Gasteiger partial charge in [0.25, 0.3) is 0 Å². The maximum Gasteiger partial charge on any atom is 0.214 e. The van der Waals surface area contributed by atoms with Crippen molar-refractivity contribution in [3.8, 4) is 5.75 Å². The van der Waals surface area contributed by atoms with E-state index in [4.69, 9.17) is 4.74 Å². The molecule has 0 saturated heterocycles. The molecule has 0 atom stereocenters. The molecule has 0 N–H and O–H groups in total. The highest BCUT2D eigenvalue weighted by atomic mass is 16.5. The third-order valence-electron chi connectivity index (χ3n) is 3.19. The second kappa shape index (κ2) is 3.98. The highest BCUT2D eigenvalue weighted by Gasteiger charge is 2.23. The van der Waals surface area contributed by atoms with Crippen LogP contribution in [-0.4, -0.2) is 22.2 Å². The number of fused-ring (bicyclic) bond motifs is 1. The highest BCUT2D eigenvalue weighted by Crippen LogP contribution is 2.30. The lowest BCUT2D eigenvalue weighted by Gasteiger charge is -2.06. The van der Waals surface area contributed by atoms with Gasteiger partial charge in [-0.3, -0.25) is 9.48 Å². The van der Waals surface area contributed by atoms with Crippen molar-refractivity contribution < 1.29 is 9.53 Å². The van der Waals surface area contributed by atoms with Gasteiger partial charge in [-0.05, 0) is 24.6 Å². The van der Waals surface area contributed by atoms with E-state index < -0.39 is 0 Å². The Morgan fingerprint density at radius 3 is 3.00 bits per heavy atom. The Bertz CT molecular complexity index is 629. The number of rotatable bonds is 2. The number of aryl methyl sites for hydroxylation is 2. The van der Waals surface area contributed by atoms with Gasteiger partial charge in [0.05, 0.1) is 17.9 Å². The Hall–Kier alpha value is -2.10. The molecule has 2 heterocycles. The largest absolute Gasteiger partial charge is 0.492 e. The average molecular weight is 242 g/mol. The van der Waals surface area contributed by atoms with Crippen molar-refractivity contribution in [2.45, 2.75) is 13.3 Å². The normalized spacial score (nSPS) is 13.2. The van der Waals surface area contributed by atoms with Crippen LogP contribution in [0, 0.1) is 6.92 Å². The Balaban J connectivity index is 2.08. The molecule has 1 aromatic carbocycles. The van der Waals surface area contributed by atoms with Crippen molar-refractivity contribution in [2.24, 2.45) is 7.05 Å². The van der Waals surface area contributed by atoms with Gasteiger partial charge in [0.1, 0.15) is 11.4 Å². The van der Waals surface area contributed by atoms with Crippen molar-refractivity contribution >= 4 is 5.78 Å². The lowest BCUT2D eigenvalue weighted by Crippen LogP contribution is -2.09. The minimum atomic E-state index is -0.0307. The molecule has 4 heteroatoms. The van der Waals surface area contributed by atoms with Crippen molar-refractivity contribution in [3.05, 3.63) is 46.8 Å². The van der Waals surface area contributed by atoms with Crippen LogP contribution in [0.15, 0.2) is 24.3 Å². The Morgan fingerprint density at radius 1 is 1.44 bits per heavy atom. The number of ketones is 1. The number of nitrogens with zero attached hydrogens (tertiary/aromatic N) is 2. The lowest BCUT2D eigenvalue weighted by molar-refractivity contribution is 0.102. The molecule has 3 rings (SSSR count). The smallest absolute Gasteiger partial charge is 0.214 e. The molecule has 2 aromatic rings. The van der Waals surface area contributed by atoms with Crippen LogP contribution in [0.2, 0.25) is 0 Å². The molecule has 0 fully saturated rings. The molecule has 0 amide bonds. The third-order valence-corrected chi connectivity index (χ3v) is 3.19. The van der Waals surface area contributed by atoms with Gasteiger partial charge in [-0.1, -0.05) is 12.1 Å². The molecule has 4 nitrogen and oxygen atoms in total. The molecule has 1 aliphatic heterocycles. The topological polar surface area (TPSA) is 44.1 Å². The van der Waals surface area contributed by atoms with E-state index >= 15 is 0 Å². The summed E-state index contributed by atoms with van der Waals surface area (Å²) >= 11 is 0. The molecule has 1 aliphatic rings. The first kappa shape index (κ1) is 11.0. The quantitative estimate of drug-likeness (QED) is 0.755. The minimum absolute atomic E-state index is 0.0307. The van der Waals surface area contributed by atoms with E-state index in [1.54, 1.807) is 17.8 Å². The molecular formula is C14H14N2O2. The maximum atomic E-state index is 12.5. The number of para-hydroxylation sites is 1. The summed E-state index contributed by atoms with van der Waals surface area (Å²) in [5, 5.41) is 4.21. The van der Waals surface area contributed by atoms with E-state index in [2.05, 4.69) is 5.10 Å². The van der Waals surface area contributed by atoms with E-state index in [9.17, 15) is 4.79 Å². The second-order valence-corrected chi connectivity index (χ2v) is 4.52. The monoisotopic (exact) mass is 242 g/mol. The van der Waals surface area contributed by atoms with Crippen LogP contribution in [0.1, 0.15) is 27.3 Å². The molecule has 1 aromatic heterocycles. The maximum absolute atomic E-state index is 12.5. The third kappa shape index (κ3) is 1.61. The van der Waals surface area contributed by atoms with Gasteiger partial charge >= 0.3 is 0 Å². The first-order chi connectivity index (χ1) is 8.66. The first-order valence-corrected chi connectivity index (χ1v) is 5.97. The van der Waals surface area contributed by atoms with E-state index in [1.807, 2.05) is 25.1 Å². The Labute approximate surface area is 105 Å². The van der Waals surface area contributed by atoms with Crippen molar-refractivity contribution in [1.29, 1.82) is 0 Å². The van der Waals surface area contributed by atoms with Crippen LogP contribution in [0.4, 0.5) is 0 Å². The summed E-state index contributed by atoms with van der Waals surface area (Å²) < 4.78 is 7.19. The zero-order valence-electron chi connectivity index (χ0n) is 10.4. The fraction of sp³-hybridized carbons (Fsp3) is 0.286. The highest BCUT2D eigenvalue weighted by molar-refractivity contribution is 6.10. The minimum Gasteiger partial charge on any atom is -0.492 e. The van der Waals surface area contributed by atoms with E-state index in [-0.39, 0.29) is 5.78 Å². The number of carbonyl (C=O) groups is 1. The number of hydrogen-bond donors (Lipinski definition) is 0. The first-order valence-electron chi connectivity index (χ1n) is 5.97. The molecule has 0 unspecified atom stereocenters. The lowest BCUT2D eigenvalue weighted by atomic mass is 10.0. The Morgan fingerprint density at radius 2 is 2.28 bits per heavy atom. The number of carbonyl (C=O) groups excluding carboxylic acids is 1. The van der Waals surface area contributed by atoms with Gasteiger partial charge in [-0.2, -0.15) is 5.10 Å². The second-order valence-electron chi connectivity index (χ2n) is 4.52. The number of benzene rings is 1. The summed E-state index contributed by atoms with van der Waals surface area (Å²) in [6.07, 6.45) is 0.876. The number of hydrogen-bond acceptors (Lipinski definition) is 3. The van der Waals surface area contributed by atoms with Crippen LogP contribution in [0.3, 0.4) is 0 Å². The van der Waals surface area contributed by atoms with Crippen LogP contribution in [0.25, 0.3) is 0 Å². The molecule has 0 radical (unpaired) electrons. The van der Waals surface area contributed by atoms with Crippen LogP contribution in [-0.2, 0) is 13.5 Å². The predicted molar refractivity (Wildman–Crippen MR) is 67.0 cm³/mol. The summed E-state index contributed by atoms with van der Waals surface area (Å²) in [6.45, 7) is 2.53. The molecular weight excluding hydrogens is 228 g/mol. The van der Waals surface area contributed by atoms with Crippen LogP contribution in [0.5, 0.6) is 5.75 Å². The standard InChI is InChI=1S/C14H14N2O2/c1-9-8-12(16(2)15-9)13(17)11-5-3-4-10-6-7-18-14(10)11/h3-5,8H,6-7H2,1-2H3. The number of ether oxygens (including phenoxy) is 1. The predicted octanol–water partition coefficient (Wildman–Crippen LogP) is 1.89. The van der Waals surface area contributed by atoms with Crippen molar-refractivity contribution in [1.82, 2.24) is 9.78 Å². The zero-order valence-corrected chi connectivity index (χ0v) is 10.4. The van der Waals surface area contributed by atoms with Gasteiger partial charge in [0.15, 0.2) is 0 Å². The summed E-state index contributed by atoms with van der Waals surface area (Å²) in [5.74, 6) is 0.707. The van der Waals surface area contributed by atoms with E-state index in [0.29, 0.717) is 17.9 Å². The molecule has 92 valence electrons. The van der Waals surface area contributed by atoms with Gasteiger partial charge in [-0.15, -0.1) is 0 Å². The fourth-order valence-electron chi connectivity index (χ4n) is 2.36. The summed E-state index contributed by atoms with van der Waals surface area (Å²) in [6, 6.07) is 7.53. The molecule has 0 spiro atoms. The van der Waals surface area contributed by atoms with Gasteiger partial charge < -0.3 is 4.74 Å². The van der Waals surface area contributed by atoms with Gasteiger partial charge in [0.2, 0.25) is 5.78 Å². The Kier molecular flexibility index (Phi) is 2.44. The van der Waals surface area contributed by atoms with E-state index in [1.165, 1.54) is 0 Å². The summed E-state index contributed by atoms with van der Waals surface area (Å²) in [7, 11) is 1.78. The SMILES string of the molecule is Cc1cc(C(=O)c2cccc3c2OCC3)n(C)n1. The van der Waals surface area contributed by atoms with Crippen molar-refractivity contribution in [3.63, 3.8) is 0 Å². The molecule has 0 aliphatic carbocycles. The van der Waals surface area contributed by atoms with Crippen LogP contribution >= 0.6 is 0 Å². The van der Waals surface area contributed by atoms with Crippen molar-refractivity contribution in [2.75, 3.05) is 6.61 Å². The molecule has 18 heavy (non-hydrogen) atoms. The molecule has 0 saturated carbocycles. The number of aromatic nitrogens is 2. The average Bonchev–Trinajstić information content (AvgIpc) is 2.94. The molecule has 0 bridgehead atoms.